The van der Waals surface area contributed by atoms with Gasteiger partial charge in [0.15, 0.2) is 0 Å². The van der Waals surface area contributed by atoms with Gasteiger partial charge in [-0.3, -0.25) is 0 Å². The molecule has 0 aliphatic heterocycles. The van der Waals surface area contributed by atoms with Crippen LogP contribution in [-0.2, 0) is 4.79 Å². The van der Waals surface area contributed by atoms with Crippen LogP contribution in [0.25, 0.3) is 0 Å². The van der Waals surface area contributed by atoms with Crippen molar-refractivity contribution in [2.24, 2.45) is 17.8 Å². The summed E-state index contributed by atoms with van der Waals surface area (Å²) >= 11 is 0. The summed E-state index contributed by atoms with van der Waals surface area (Å²) in [6, 6.07) is 0. The van der Waals surface area contributed by atoms with E-state index in [0.717, 1.165) is 12.2 Å². The summed E-state index contributed by atoms with van der Waals surface area (Å²) in [7, 11) is 0. The minimum atomic E-state index is 0.294. The Kier molecular flexibility index (Phi) is 4.47. The van der Waals surface area contributed by atoms with Crippen LogP contribution in [0, 0.1) is 17.8 Å². The van der Waals surface area contributed by atoms with Gasteiger partial charge in [-0.05, 0) is 24.7 Å². The lowest BCUT2D eigenvalue weighted by atomic mass is 9.75. The summed E-state index contributed by atoms with van der Waals surface area (Å²) in [5.74, 6) is 1.94. The molecular weight excluding hydrogens is 160 g/mol. The number of hydrogen-bond acceptors (Lipinski definition) is 1. The second-order valence-electron chi connectivity index (χ2n) is 4.56. The number of aldehydes is 1. The molecule has 0 saturated heterocycles. The lowest BCUT2D eigenvalue weighted by Crippen LogP contribution is -2.20. The fourth-order valence-corrected chi connectivity index (χ4v) is 2.52. The molecule has 1 atom stereocenters. The van der Waals surface area contributed by atoms with Crippen molar-refractivity contribution in [2.75, 3.05) is 0 Å². The van der Waals surface area contributed by atoms with E-state index in [1.54, 1.807) is 0 Å². The molecule has 1 rings (SSSR count). The number of carbonyl (C=O) groups excluding carboxylic acids is 1. The minimum Gasteiger partial charge on any atom is -0.303 e. The monoisotopic (exact) mass is 182 g/mol. The van der Waals surface area contributed by atoms with Crippen LogP contribution >= 0.6 is 0 Å². The SMILES string of the molecule is CCC[C@H]1CC[C@H](C(C)C=O)CC1. The first kappa shape index (κ1) is 10.7. The van der Waals surface area contributed by atoms with Crippen molar-refractivity contribution in [1.82, 2.24) is 0 Å². The molecule has 1 heteroatoms. The quantitative estimate of drug-likeness (QED) is 0.609. The Morgan fingerprint density at radius 2 is 1.92 bits per heavy atom. The van der Waals surface area contributed by atoms with Crippen molar-refractivity contribution < 1.29 is 4.79 Å². The third kappa shape index (κ3) is 3.13. The first-order valence-electron chi connectivity index (χ1n) is 5.73. The summed E-state index contributed by atoms with van der Waals surface area (Å²) in [5.41, 5.74) is 0. The second kappa shape index (κ2) is 5.41. The molecular formula is C12H22O. The maximum atomic E-state index is 10.6. The molecule has 0 bridgehead atoms. The Morgan fingerprint density at radius 3 is 2.38 bits per heavy atom. The summed E-state index contributed by atoms with van der Waals surface area (Å²) in [4.78, 5) is 10.6. The van der Waals surface area contributed by atoms with E-state index in [4.69, 9.17) is 0 Å². The molecule has 0 aromatic rings. The number of rotatable bonds is 4. The predicted molar refractivity (Wildman–Crippen MR) is 55.6 cm³/mol. The van der Waals surface area contributed by atoms with Crippen molar-refractivity contribution in [2.45, 2.75) is 52.4 Å². The van der Waals surface area contributed by atoms with Crippen molar-refractivity contribution in [1.29, 1.82) is 0 Å². The molecule has 0 heterocycles. The highest BCUT2D eigenvalue weighted by Crippen LogP contribution is 2.34. The molecule has 1 aliphatic carbocycles. The summed E-state index contributed by atoms with van der Waals surface area (Å²) in [6.07, 6.45) is 9.12. The van der Waals surface area contributed by atoms with Gasteiger partial charge in [0.1, 0.15) is 6.29 Å². The number of hydrogen-bond donors (Lipinski definition) is 0. The molecule has 1 saturated carbocycles. The van der Waals surface area contributed by atoms with Gasteiger partial charge in [-0.2, -0.15) is 0 Å². The van der Waals surface area contributed by atoms with E-state index < -0.39 is 0 Å². The molecule has 0 aromatic heterocycles. The van der Waals surface area contributed by atoms with Crippen LogP contribution in [0.5, 0.6) is 0 Å². The van der Waals surface area contributed by atoms with Gasteiger partial charge in [0, 0.05) is 5.92 Å². The van der Waals surface area contributed by atoms with E-state index in [9.17, 15) is 4.79 Å². The van der Waals surface area contributed by atoms with E-state index >= 15 is 0 Å². The lowest BCUT2D eigenvalue weighted by Gasteiger charge is -2.30. The molecule has 0 amide bonds. The molecule has 0 radical (unpaired) electrons. The van der Waals surface area contributed by atoms with E-state index in [0.29, 0.717) is 11.8 Å². The Hall–Kier alpha value is -0.330. The van der Waals surface area contributed by atoms with E-state index in [1.807, 2.05) is 0 Å². The molecule has 0 spiro atoms. The normalized spacial score (nSPS) is 31.2. The molecule has 1 aliphatic rings. The zero-order valence-corrected chi connectivity index (χ0v) is 8.96. The van der Waals surface area contributed by atoms with Crippen molar-refractivity contribution in [3.05, 3.63) is 0 Å². The predicted octanol–water partition coefficient (Wildman–Crippen LogP) is 3.43. The fraction of sp³-hybridized carbons (Fsp3) is 0.917. The van der Waals surface area contributed by atoms with Crippen LogP contribution in [0.3, 0.4) is 0 Å². The Labute approximate surface area is 81.9 Å². The van der Waals surface area contributed by atoms with Gasteiger partial charge < -0.3 is 4.79 Å². The molecule has 1 fully saturated rings. The summed E-state index contributed by atoms with van der Waals surface area (Å²) < 4.78 is 0. The zero-order chi connectivity index (χ0) is 9.68. The fourth-order valence-electron chi connectivity index (χ4n) is 2.52. The van der Waals surface area contributed by atoms with Gasteiger partial charge in [0.25, 0.3) is 0 Å². The molecule has 13 heavy (non-hydrogen) atoms. The molecule has 0 N–H and O–H groups in total. The van der Waals surface area contributed by atoms with Crippen molar-refractivity contribution in [3.8, 4) is 0 Å². The van der Waals surface area contributed by atoms with Crippen LogP contribution in [0.1, 0.15) is 52.4 Å². The molecule has 76 valence electrons. The van der Waals surface area contributed by atoms with Gasteiger partial charge in [-0.25, -0.2) is 0 Å². The summed E-state index contributed by atoms with van der Waals surface area (Å²) in [6.45, 7) is 4.33. The Bertz CT molecular complexity index is 145. The molecule has 1 unspecified atom stereocenters. The van der Waals surface area contributed by atoms with Crippen molar-refractivity contribution >= 4 is 6.29 Å². The third-order valence-electron chi connectivity index (χ3n) is 3.55. The van der Waals surface area contributed by atoms with Gasteiger partial charge in [-0.1, -0.05) is 39.5 Å². The average molecular weight is 182 g/mol. The summed E-state index contributed by atoms with van der Waals surface area (Å²) in [5, 5.41) is 0. The van der Waals surface area contributed by atoms with Crippen LogP contribution < -0.4 is 0 Å². The first-order chi connectivity index (χ1) is 6.27. The average Bonchev–Trinajstić information content (AvgIpc) is 2.18. The second-order valence-corrected chi connectivity index (χ2v) is 4.56. The van der Waals surface area contributed by atoms with Crippen LogP contribution in [0.15, 0.2) is 0 Å². The zero-order valence-electron chi connectivity index (χ0n) is 8.96. The van der Waals surface area contributed by atoms with Gasteiger partial charge in [-0.15, -0.1) is 0 Å². The Balaban J connectivity index is 2.26. The van der Waals surface area contributed by atoms with Crippen LogP contribution in [0.2, 0.25) is 0 Å². The third-order valence-corrected chi connectivity index (χ3v) is 3.55. The Morgan fingerprint density at radius 1 is 1.31 bits per heavy atom. The molecule has 0 aromatic carbocycles. The largest absolute Gasteiger partial charge is 0.303 e. The van der Waals surface area contributed by atoms with Gasteiger partial charge in [0.05, 0.1) is 0 Å². The lowest BCUT2D eigenvalue weighted by molar-refractivity contribution is -0.112. The highest BCUT2D eigenvalue weighted by atomic mass is 16.1. The number of carbonyl (C=O) groups is 1. The first-order valence-corrected chi connectivity index (χ1v) is 5.73. The van der Waals surface area contributed by atoms with Crippen LogP contribution in [0.4, 0.5) is 0 Å². The van der Waals surface area contributed by atoms with E-state index in [1.165, 1.54) is 38.5 Å². The van der Waals surface area contributed by atoms with Crippen LogP contribution in [-0.4, -0.2) is 6.29 Å². The standard InChI is InChI=1S/C12H22O/c1-3-4-11-5-7-12(8-6-11)10(2)9-13/h9-12H,3-8H2,1-2H3/t10?,11-,12-. The molecule has 1 nitrogen and oxygen atoms in total. The maximum Gasteiger partial charge on any atom is 0.123 e. The van der Waals surface area contributed by atoms with Gasteiger partial charge >= 0.3 is 0 Å². The highest BCUT2D eigenvalue weighted by molar-refractivity contribution is 5.53. The smallest absolute Gasteiger partial charge is 0.123 e. The topological polar surface area (TPSA) is 17.1 Å². The highest BCUT2D eigenvalue weighted by Gasteiger charge is 2.24. The maximum absolute atomic E-state index is 10.6. The van der Waals surface area contributed by atoms with E-state index in [-0.39, 0.29) is 0 Å². The van der Waals surface area contributed by atoms with E-state index in [2.05, 4.69) is 13.8 Å². The van der Waals surface area contributed by atoms with Crippen molar-refractivity contribution in [3.63, 3.8) is 0 Å². The van der Waals surface area contributed by atoms with Gasteiger partial charge in [0.2, 0.25) is 0 Å². The minimum absolute atomic E-state index is 0.294.